The number of hydrogen-bond acceptors (Lipinski definition) is 3. The van der Waals surface area contributed by atoms with Crippen LogP contribution in [0.3, 0.4) is 0 Å². The zero-order valence-electron chi connectivity index (χ0n) is 14.6. The number of hydrogen-bond donors (Lipinski definition) is 0. The predicted octanol–water partition coefficient (Wildman–Crippen LogP) is 3.28. The van der Waals surface area contributed by atoms with Crippen LogP contribution in [-0.4, -0.2) is 21.8 Å². The van der Waals surface area contributed by atoms with Crippen molar-refractivity contribution in [1.29, 1.82) is 0 Å². The first-order valence-electron chi connectivity index (χ1n) is 8.23. The van der Waals surface area contributed by atoms with E-state index in [2.05, 4.69) is 69.7 Å². The van der Waals surface area contributed by atoms with E-state index in [0.29, 0.717) is 5.92 Å². The Morgan fingerprint density at radius 2 is 2.00 bits per heavy atom. The molecule has 4 heteroatoms. The summed E-state index contributed by atoms with van der Waals surface area (Å²) in [6.45, 7) is 9.84. The number of fused-ring (bicyclic) bond motifs is 1. The molecule has 1 aromatic heterocycles. The number of imidazole rings is 1. The van der Waals surface area contributed by atoms with Gasteiger partial charge in [-0.05, 0) is 23.3 Å². The third-order valence-electron chi connectivity index (χ3n) is 4.43. The van der Waals surface area contributed by atoms with E-state index in [9.17, 15) is 0 Å². The second-order valence-corrected chi connectivity index (χ2v) is 8.42. The zero-order chi connectivity index (χ0) is 16.6. The van der Waals surface area contributed by atoms with E-state index in [1.807, 2.05) is 11.8 Å². The Labute approximate surface area is 142 Å². The molecule has 3 rings (SSSR count). The van der Waals surface area contributed by atoms with E-state index in [0.717, 1.165) is 29.0 Å². The number of thioether (sulfide) groups is 1. The van der Waals surface area contributed by atoms with E-state index in [4.69, 9.17) is 9.98 Å². The molecule has 0 spiro atoms. The van der Waals surface area contributed by atoms with Crippen molar-refractivity contribution in [2.75, 3.05) is 12.3 Å². The molecule has 1 unspecified atom stereocenters. The standard InChI is InChI=1S/C19H25N3S/c1-6-23-16-10-8-7-9-14(16)17-21-15-11-13(19(2,3)4)12-20-18(15)22(17)5/h7-11,13H,6,12H2,1-5H3. The molecule has 0 N–H and O–H groups in total. The van der Waals surface area contributed by atoms with Crippen molar-refractivity contribution in [3.63, 3.8) is 0 Å². The molecule has 1 aliphatic rings. The first kappa shape index (κ1) is 16.3. The summed E-state index contributed by atoms with van der Waals surface area (Å²) >= 11 is 1.86. The normalized spacial score (nSPS) is 17.3. The molecule has 122 valence electrons. The van der Waals surface area contributed by atoms with Crippen LogP contribution in [0, 0.1) is 11.3 Å². The van der Waals surface area contributed by atoms with Crippen LogP contribution in [0.2, 0.25) is 0 Å². The van der Waals surface area contributed by atoms with Crippen LogP contribution in [0.5, 0.6) is 0 Å². The van der Waals surface area contributed by atoms with Gasteiger partial charge in [0.25, 0.3) is 0 Å². The summed E-state index contributed by atoms with van der Waals surface area (Å²) in [5.41, 5.74) is 2.43. The van der Waals surface area contributed by atoms with Crippen molar-refractivity contribution in [3.05, 3.63) is 35.1 Å². The van der Waals surface area contributed by atoms with E-state index >= 15 is 0 Å². The van der Waals surface area contributed by atoms with Crippen molar-refractivity contribution in [3.8, 4) is 11.4 Å². The largest absolute Gasteiger partial charge is 0.312 e. The number of nitrogens with zero attached hydrogens (tertiary/aromatic N) is 3. The molecule has 0 aliphatic carbocycles. The van der Waals surface area contributed by atoms with Crippen LogP contribution >= 0.6 is 11.8 Å². The van der Waals surface area contributed by atoms with Crippen molar-refractivity contribution >= 4 is 17.8 Å². The second kappa shape index (κ2) is 6.16. The van der Waals surface area contributed by atoms with E-state index in [1.54, 1.807) is 0 Å². The Hall–Kier alpha value is -1.55. The summed E-state index contributed by atoms with van der Waals surface area (Å²) in [6.07, 6.45) is 2.31. The minimum atomic E-state index is 0.217. The SMILES string of the molecule is CCSc1ccccc1-c1nc2c(n1C)=NCC(C(C)(C)C)C=2. The fourth-order valence-electron chi connectivity index (χ4n) is 2.94. The molecule has 23 heavy (non-hydrogen) atoms. The average Bonchev–Trinajstić information content (AvgIpc) is 2.84. The number of aromatic nitrogens is 2. The van der Waals surface area contributed by atoms with E-state index < -0.39 is 0 Å². The van der Waals surface area contributed by atoms with Gasteiger partial charge in [0, 0.05) is 30.0 Å². The molecule has 0 saturated carbocycles. The maximum Gasteiger partial charge on any atom is 0.155 e. The maximum atomic E-state index is 4.93. The van der Waals surface area contributed by atoms with Crippen molar-refractivity contribution < 1.29 is 0 Å². The summed E-state index contributed by atoms with van der Waals surface area (Å²) in [5, 5.41) is 1.03. The summed E-state index contributed by atoms with van der Waals surface area (Å²) in [7, 11) is 2.07. The van der Waals surface area contributed by atoms with E-state index in [1.165, 1.54) is 10.5 Å². The van der Waals surface area contributed by atoms with Crippen LogP contribution in [0.1, 0.15) is 27.7 Å². The molecule has 0 saturated heterocycles. The average molecular weight is 327 g/mol. The van der Waals surface area contributed by atoms with Crippen LogP contribution < -0.4 is 10.8 Å². The third kappa shape index (κ3) is 3.09. The Kier molecular flexibility index (Phi) is 4.37. The highest BCUT2D eigenvalue weighted by Crippen LogP contribution is 2.30. The van der Waals surface area contributed by atoms with Gasteiger partial charge in [-0.25, -0.2) is 4.98 Å². The van der Waals surface area contributed by atoms with Gasteiger partial charge in [-0.2, -0.15) is 0 Å². The Bertz CT molecular complexity index is 827. The molecular formula is C19H25N3S. The summed E-state index contributed by atoms with van der Waals surface area (Å²) in [5.74, 6) is 2.52. The minimum Gasteiger partial charge on any atom is -0.312 e. The summed E-state index contributed by atoms with van der Waals surface area (Å²) in [6, 6.07) is 8.51. The molecule has 0 bridgehead atoms. The molecule has 0 fully saturated rings. The highest BCUT2D eigenvalue weighted by atomic mass is 32.2. The van der Waals surface area contributed by atoms with Gasteiger partial charge in [0.1, 0.15) is 11.2 Å². The fourth-order valence-corrected chi connectivity index (χ4v) is 3.74. The van der Waals surface area contributed by atoms with Gasteiger partial charge in [0.15, 0.2) is 5.49 Å². The molecule has 3 nitrogen and oxygen atoms in total. The van der Waals surface area contributed by atoms with Crippen LogP contribution in [0.4, 0.5) is 0 Å². The molecule has 0 radical (unpaired) electrons. The summed E-state index contributed by atoms with van der Waals surface area (Å²) < 4.78 is 2.14. The lowest BCUT2D eigenvalue weighted by Crippen LogP contribution is -2.37. The van der Waals surface area contributed by atoms with Gasteiger partial charge in [-0.1, -0.05) is 45.9 Å². The monoisotopic (exact) mass is 327 g/mol. The third-order valence-corrected chi connectivity index (χ3v) is 5.38. The highest BCUT2D eigenvalue weighted by molar-refractivity contribution is 7.99. The highest BCUT2D eigenvalue weighted by Gasteiger charge is 2.25. The molecule has 1 aromatic carbocycles. The number of benzene rings is 1. The minimum absolute atomic E-state index is 0.217. The van der Waals surface area contributed by atoms with Crippen molar-refractivity contribution in [2.45, 2.75) is 32.6 Å². The first-order valence-corrected chi connectivity index (χ1v) is 9.21. The molecule has 1 atom stereocenters. The van der Waals surface area contributed by atoms with Gasteiger partial charge in [0.05, 0.1) is 0 Å². The lowest BCUT2D eigenvalue weighted by atomic mass is 9.80. The van der Waals surface area contributed by atoms with Crippen LogP contribution in [-0.2, 0) is 7.05 Å². The molecule has 2 aromatic rings. The fraction of sp³-hybridized carbons (Fsp3) is 0.474. The quantitative estimate of drug-likeness (QED) is 0.810. The molecule has 0 amide bonds. The second-order valence-electron chi connectivity index (χ2n) is 7.11. The number of rotatable bonds is 3. The lowest BCUT2D eigenvalue weighted by Gasteiger charge is -2.27. The van der Waals surface area contributed by atoms with E-state index in [-0.39, 0.29) is 5.41 Å². The van der Waals surface area contributed by atoms with Gasteiger partial charge in [-0.15, -0.1) is 11.8 Å². The van der Waals surface area contributed by atoms with Gasteiger partial charge in [0.2, 0.25) is 0 Å². The molecular weight excluding hydrogens is 302 g/mol. The summed E-state index contributed by atoms with van der Waals surface area (Å²) in [4.78, 5) is 11.0. The Morgan fingerprint density at radius 3 is 2.70 bits per heavy atom. The van der Waals surface area contributed by atoms with Gasteiger partial charge >= 0.3 is 0 Å². The van der Waals surface area contributed by atoms with Crippen LogP contribution in [0.15, 0.2) is 34.2 Å². The molecule has 2 heterocycles. The maximum absolute atomic E-state index is 4.93. The Balaban J connectivity index is 2.14. The predicted molar refractivity (Wildman–Crippen MR) is 98.1 cm³/mol. The van der Waals surface area contributed by atoms with Gasteiger partial charge < -0.3 is 4.57 Å². The molecule has 1 aliphatic heterocycles. The smallest absolute Gasteiger partial charge is 0.155 e. The lowest BCUT2D eigenvalue weighted by molar-refractivity contribution is 0.311. The van der Waals surface area contributed by atoms with Crippen LogP contribution in [0.25, 0.3) is 17.5 Å². The zero-order valence-corrected chi connectivity index (χ0v) is 15.4. The topological polar surface area (TPSA) is 30.2 Å². The van der Waals surface area contributed by atoms with Crippen molar-refractivity contribution in [1.82, 2.24) is 9.55 Å². The Morgan fingerprint density at radius 1 is 1.26 bits per heavy atom. The first-order chi connectivity index (χ1) is 10.9. The van der Waals surface area contributed by atoms with Gasteiger partial charge in [-0.3, -0.25) is 4.99 Å². The van der Waals surface area contributed by atoms with Crippen molar-refractivity contribution in [2.24, 2.45) is 23.4 Å².